The van der Waals surface area contributed by atoms with Crippen molar-refractivity contribution in [3.8, 4) is 11.6 Å². The van der Waals surface area contributed by atoms with Gasteiger partial charge in [0.1, 0.15) is 11.0 Å². The summed E-state index contributed by atoms with van der Waals surface area (Å²) in [5.74, 6) is -2.46. The zero-order valence-electron chi connectivity index (χ0n) is 21.9. The Balaban J connectivity index is 0.00000178. The van der Waals surface area contributed by atoms with Crippen LogP contribution in [0.15, 0.2) is 12.3 Å². The number of aliphatic hydroxyl groups is 1. The highest BCUT2D eigenvalue weighted by Crippen LogP contribution is 2.34. The molecule has 0 radical (unpaired) electrons. The van der Waals surface area contributed by atoms with Gasteiger partial charge in [-0.3, -0.25) is 9.36 Å². The molecule has 0 saturated heterocycles. The van der Waals surface area contributed by atoms with Crippen molar-refractivity contribution in [2.24, 2.45) is 11.8 Å². The molecule has 2 aromatic rings. The van der Waals surface area contributed by atoms with E-state index in [1.807, 2.05) is 0 Å². The minimum atomic E-state index is -4.48. The quantitative estimate of drug-likeness (QED) is 0.387. The third-order valence-electron chi connectivity index (χ3n) is 6.62. The molecule has 0 aliphatic heterocycles. The highest BCUT2D eigenvalue weighted by molar-refractivity contribution is 7.51. The Kier molecular flexibility index (Phi) is 12.0. The predicted octanol–water partition coefficient (Wildman–Crippen LogP) is 4.83. The van der Waals surface area contributed by atoms with Crippen LogP contribution >= 0.6 is 11.6 Å². The number of carbonyl (C=O) groups is 1. The number of halogens is 6. The Morgan fingerprint density at radius 1 is 1.32 bits per heavy atom. The monoisotopic (exact) mass is 616 g/mol. The van der Waals surface area contributed by atoms with Gasteiger partial charge in [-0.15, -0.1) is 0 Å². The van der Waals surface area contributed by atoms with Crippen LogP contribution in [-0.2, 0) is 24.4 Å². The molecular formula is C24H30ClF5N4O5S. The number of carbonyl (C=O) groups excluding carboxylic acids is 1. The van der Waals surface area contributed by atoms with Crippen LogP contribution in [0.3, 0.4) is 0 Å². The molecule has 1 unspecified atom stereocenters. The van der Waals surface area contributed by atoms with E-state index in [-0.39, 0.29) is 41.0 Å². The third kappa shape index (κ3) is 8.93. The highest BCUT2D eigenvalue weighted by atomic mass is 35.5. The van der Waals surface area contributed by atoms with E-state index in [0.29, 0.717) is 18.8 Å². The molecule has 2 aromatic heterocycles. The van der Waals surface area contributed by atoms with E-state index in [1.165, 1.54) is 0 Å². The summed E-state index contributed by atoms with van der Waals surface area (Å²) < 4.78 is 87.6. The molecule has 1 saturated carbocycles. The maximum atomic E-state index is 13.2. The first-order valence-electron chi connectivity index (χ1n) is 12.4. The number of rotatable bonds is 9. The minimum Gasteiger partial charge on any atom is -0.431 e. The van der Waals surface area contributed by atoms with Crippen molar-refractivity contribution in [3.63, 3.8) is 0 Å². The molecule has 0 aromatic carbocycles. The molecule has 0 bridgehead atoms. The lowest BCUT2D eigenvalue weighted by Gasteiger charge is -2.34. The molecule has 3 rings (SSSR count). The third-order valence-corrected chi connectivity index (χ3v) is 6.97. The second kappa shape index (κ2) is 14.3. The van der Waals surface area contributed by atoms with Crippen LogP contribution in [-0.4, -0.2) is 58.9 Å². The summed E-state index contributed by atoms with van der Waals surface area (Å²) in [6.07, 6.45) is -0.901. The second-order valence-corrected chi connectivity index (χ2v) is 10.2. The first kappa shape index (κ1) is 33.6. The van der Waals surface area contributed by atoms with Crippen molar-refractivity contribution in [2.45, 2.75) is 77.7 Å². The zero-order chi connectivity index (χ0) is 30.3. The molecule has 9 nitrogen and oxygen atoms in total. The van der Waals surface area contributed by atoms with Crippen molar-refractivity contribution in [3.05, 3.63) is 34.5 Å². The summed E-state index contributed by atoms with van der Waals surface area (Å²) in [7, 11) is 0. The van der Waals surface area contributed by atoms with Crippen LogP contribution in [0.2, 0.25) is 5.15 Å². The first-order chi connectivity index (χ1) is 18.7. The lowest BCUT2D eigenvalue weighted by Crippen LogP contribution is -2.45. The van der Waals surface area contributed by atoms with E-state index in [0.717, 1.165) is 36.6 Å². The Bertz CT molecular complexity index is 1200. The standard InChI is InChI=1S/C24H30ClF5N4O3.O2S/c1-4-17-33-18(21(35)32-12-23(36)7-5-13(2)6-8-23)19(25)34(17)20-16(37-22(26)27)10-15(11-31-20)9-14(3)24(28,29)30;1-3-2/h10-11,13-14,22,36H,4-9,12H2,1-3H3,(H,32,35);. The van der Waals surface area contributed by atoms with E-state index in [4.69, 9.17) is 20.0 Å². The normalized spacial score (nSPS) is 19.9. The second-order valence-electron chi connectivity index (χ2n) is 9.70. The average Bonchev–Trinajstić information content (AvgIpc) is 3.20. The number of nitrogens with zero attached hydrogens (tertiary/aromatic N) is 3. The zero-order valence-corrected chi connectivity index (χ0v) is 23.5. The number of imidazole rings is 1. The van der Waals surface area contributed by atoms with Crippen molar-refractivity contribution in [2.75, 3.05) is 6.54 Å². The van der Waals surface area contributed by atoms with Gasteiger partial charge >= 0.3 is 24.4 Å². The van der Waals surface area contributed by atoms with Gasteiger partial charge in [-0.25, -0.2) is 9.97 Å². The fourth-order valence-corrected chi connectivity index (χ4v) is 4.56. The highest BCUT2D eigenvalue weighted by Gasteiger charge is 2.36. The molecule has 2 N–H and O–H groups in total. The number of aromatic nitrogens is 3. The molecule has 1 fully saturated rings. The van der Waals surface area contributed by atoms with Crippen molar-refractivity contribution >= 4 is 29.1 Å². The molecular weight excluding hydrogens is 587 g/mol. The fourth-order valence-electron chi connectivity index (χ4n) is 4.26. The number of hydrogen-bond donors (Lipinski definition) is 2. The number of aryl methyl sites for hydroxylation is 1. The SMILES string of the molecule is CCc1nc(C(=O)NCC2(O)CCC(C)CC2)c(Cl)n1-c1ncc(CC(C)C(F)(F)F)cc1OC(F)F.O=S=O. The Hall–Kier alpha value is -2.65. The molecule has 16 heteroatoms. The lowest BCUT2D eigenvalue weighted by atomic mass is 9.79. The van der Waals surface area contributed by atoms with Crippen LogP contribution < -0.4 is 10.1 Å². The van der Waals surface area contributed by atoms with Crippen LogP contribution in [0.25, 0.3) is 5.82 Å². The molecule has 1 aliphatic carbocycles. The molecule has 0 spiro atoms. The maximum Gasteiger partial charge on any atom is 0.391 e. The van der Waals surface area contributed by atoms with Crippen LogP contribution in [0, 0.1) is 11.8 Å². The van der Waals surface area contributed by atoms with Gasteiger partial charge in [0.05, 0.1) is 11.5 Å². The Morgan fingerprint density at radius 3 is 2.45 bits per heavy atom. The topological polar surface area (TPSA) is 123 Å². The fraction of sp³-hybridized carbons (Fsp3) is 0.625. The lowest BCUT2D eigenvalue weighted by molar-refractivity contribution is -0.169. The van der Waals surface area contributed by atoms with Crippen LogP contribution in [0.1, 0.15) is 68.3 Å². The number of ether oxygens (including phenoxy) is 1. The number of amides is 1. The van der Waals surface area contributed by atoms with Gasteiger partial charge in [-0.2, -0.15) is 30.4 Å². The van der Waals surface area contributed by atoms with E-state index in [9.17, 15) is 31.9 Å². The van der Waals surface area contributed by atoms with Crippen molar-refractivity contribution in [1.29, 1.82) is 0 Å². The summed E-state index contributed by atoms with van der Waals surface area (Å²) in [5.41, 5.74) is -1.22. The number of hydrogen-bond acceptors (Lipinski definition) is 7. The molecule has 224 valence electrons. The molecule has 1 aliphatic rings. The summed E-state index contributed by atoms with van der Waals surface area (Å²) in [6.45, 7) is 1.47. The van der Waals surface area contributed by atoms with Crippen molar-refractivity contribution in [1.82, 2.24) is 19.9 Å². The Labute approximate surface area is 236 Å². The smallest absolute Gasteiger partial charge is 0.391 e. The van der Waals surface area contributed by atoms with Gasteiger partial charge in [0.15, 0.2) is 17.3 Å². The van der Waals surface area contributed by atoms with Gasteiger partial charge in [-0.05, 0) is 49.7 Å². The molecule has 2 heterocycles. The van der Waals surface area contributed by atoms with E-state index >= 15 is 0 Å². The van der Waals surface area contributed by atoms with Gasteiger partial charge in [0.2, 0.25) is 0 Å². The van der Waals surface area contributed by atoms with Gasteiger partial charge in [0, 0.05) is 19.2 Å². The largest absolute Gasteiger partial charge is 0.431 e. The van der Waals surface area contributed by atoms with Gasteiger partial charge in [0.25, 0.3) is 5.91 Å². The van der Waals surface area contributed by atoms with E-state index in [2.05, 4.69) is 26.9 Å². The average molecular weight is 617 g/mol. The van der Waals surface area contributed by atoms with E-state index in [1.54, 1.807) is 6.92 Å². The molecule has 1 atom stereocenters. The summed E-state index contributed by atoms with van der Waals surface area (Å²) in [4.78, 5) is 21.2. The van der Waals surface area contributed by atoms with Crippen LogP contribution in [0.5, 0.6) is 5.75 Å². The van der Waals surface area contributed by atoms with Crippen molar-refractivity contribution < 1.29 is 45.0 Å². The van der Waals surface area contributed by atoms with Gasteiger partial charge < -0.3 is 15.2 Å². The Morgan fingerprint density at radius 2 is 1.93 bits per heavy atom. The molecule has 1 amide bonds. The summed E-state index contributed by atoms with van der Waals surface area (Å²) >= 11 is 5.70. The van der Waals surface area contributed by atoms with Gasteiger partial charge in [-0.1, -0.05) is 32.4 Å². The van der Waals surface area contributed by atoms with Crippen LogP contribution in [0.4, 0.5) is 22.0 Å². The maximum absolute atomic E-state index is 13.2. The number of nitrogens with one attached hydrogen (secondary N) is 1. The first-order valence-corrected chi connectivity index (χ1v) is 13.4. The summed E-state index contributed by atoms with van der Waals surface area (Å²) in [6, 6.07) is 1.05. The number of alkyl halides is 5. The molecule has 40 heavy (non-hydrogen) atoms. The number of pyridine rings is 1. The predicted molar refractivity (Wildman–Crippen MR) is 135 cm³/mol. The summed E-state index contributed by atoms with van der Waals surface area (Å²) in [5, 5.41) is 13.2. The van der Waals surface area contributed by atoms with E-state index < -0.39 is 54.0 Å². The minimum absolute atomic E-state index is 0.00667.